The molecule has 1 saturated carbocycles. The Morgan fingerprint density at radius 3 is 2.46 bits per heavy atom. The van der Waals surface area contributed by atoms with Crippen molar-refractivity contribution in [3.05, 3.63) is 29.6 Å². The van der Waals surface area contributed by atoms with Gasteiger partial charge in [0.2, 0.25) is 17.1 Å². The van der Waals surface area contributed by atoms with E-state index in [0.717, 1.165) is 0 Å². The molecule has 1 saturated heterocycles. The van der Waals surface area contributed by atoms with Gasteiger partial charge >= 0.3 is 5.97 Å². The number of nitrogens with zero attached hydrogens (tertiary/aromatic N) is 2. The molecular formula is C26H25N3O8. The lowest BCUT2D eigenvalue weighted by Crippen LogP contribution is -2.47. The Balaban J connectivity index is 1.39. The van der Waals surface area contributed by atoms with Crippen molar-refractivity contribution in [2.24, 2.45) is 22.2 Å². The minimum Gasteiger partial charge on any atom is -0.493 e. The molecule has 3 heterocycles. The molecule has 0 bridgehead atoms. The van der Waals surface area contributed by atoms with Crippen molar-refractivity contribution in [3.63, 3.8) is 0 Å². The zero-order chi connectivity index (χ0) is 26.4. The number of esters is 1. The van der Waals surface area contributed by atoms with Gasteiger partial charge in [-0.2, -0.15) is 0 Å². The van der Waals surface area contributed by atoms with Crippen molar-refractivity contribution < 1.29 is 38.1 Å². The summed E-state index contributed by atoms with van der Waals surface area (Å²) in [7, 11) is 5.69. The van der Waals surface area contributed by atoms with E-state index in [9.17, 15) is 19.2 Å². The number of aliphatic imine (C=N–C) groups is 1. The average Bonchev–Trinajstić information content (AvgIpc) is 3.15. The largest absolute Gasteiger partial charge is 0.493 e. The molecule has 4 aliphatic rings. The van der Waals surface area contributed by atoms with Gasteiger partial charge in [-0.05, 0) is 31.4 Å². The summed E-state index contributed by atoms with van der Waals surface area (Å²) in [5, 5.41) is 0.680. The van der Waals surface area contributed by atoms with E-state index in [1.54, 1.807) is 17.0 Å². The quantitative estimate of drug-likeness (QED) is 0.477. The molecule has 1 N–H and O–H groups in total. The minimum absolute atomic E-state index is 0.0194. The van der Waals surface area contributed by atoms with Crippen LogP contribution in [-0.4, -0.2) is 79.6 Å². The van der Waals surface area contributed by atoms with Gasteiger partial charge in [-0.15, -0.1) is 0 Å². The van der Waals surface area contributed by atoms with Crippen molar-refractivity contribution in [1.29, 1.82) is 0 Å². The van der Waals surface area contributed by atoms with Crippen LogP contribution in [0.4, 0.5) is 0 Å². The number of aromatic amines is 1. The topological polar surface area (TPSA) is 137 Å². The first kappa shape index (κ1) is 23.3. The van der Waals surface area contributed by atoms with Gasteiger partial charge in [-0.25, -0.2) is 4.79 Å². The maximum Gasteiger partial charge on any atom is 0.341 e. The lowest BCUT2D eigenvalue weighted by molar-refractivity contribution is -0.150. The van der Waals surface area contributed by atoms with E-state index in [1.807, 2.05) is 0 Å². The van der Waals surface area contributed by atoms with E-state index in [1.165, 1.54) is 41.4 Å². The third-order valence-electron chi connectivity index (χ3n) is 8.20. The number of H-pyrrole nitrogens is 1. The van der Waals surface area contributed by atoms with Crippen LogP contribution in [0.1, 0.15) is 23.8 Å². The van der Waals surface area contributed by atoms with Gasteiger partial charge in [0.05, 0.1) is 45.6 Å². The van der Waals surface area contributed by atoms with Crippen LogP contribution in [0.3, 0.4) is 0 Å². The van der Waals surface area contributed by atoms with Crippen LogP contribution in [0, 0.1) is 17.3 Å². The third-order valence-corrected chi connectivity index (χ3v) is 8.20. The molecule has 3 unspecified atom stereocenters. The lowest BCUT2D eigenvalue weighted by atomic mass is 9.72. The molecule has 2 aliphatic heterocycles. The van der Waals surface area contributed by atoms with Gasteiger partial charge in [-0.3, -0.25) is 19.4 Å². The first-order valence-electron chi connectivity index (χ1n) is 11.8. The molecule has 6 rings (SSSR count). The molecule has 1 amide bonds. The molecule has 11 heteroatoms. The average molecular weight is 507 g/mol. The molecule has 1 spiro atoms. The molecule has 2 aromatic rings. The van der Waals surface area contributed by atoms with E-state index >= 15 is 0 Å². The number of amides is 1. The van der Waals surface area contributed by atoms with Crippen molar-refractivity contribution in [2.75, 3.05) is 35.0 Å². The number of hydrogen-bond donors (Lipinski definition) is 1. The van der Waals surface area contributed by atoms with Gasteiger partial charge in [0.15, 0.2) is 17.3 Å². The van der Waals surface area contributed by atoms with E-state index in [4.69, 9.17) is 18.9 Å². The normalized spacial score (nSPS) is 29.3. The van der Waals surface area contributed by atoms with Gasteiger partial charge in [-0.1, -0.05) is 0 Å². The molecule has 4 atom stereocenters. The molecule has 11 nitrogen and oxygen atoms in total. The summed E-state index contributed by atoms with van der Waals surface area (Å²) in [4.78, 5) is 61.7. The Labute approximate surface area is 211 Å². The fourth-order valence-corrected chi connectivity index (χ4v) is 6.35. The Bertz CT molecular complexity index is 1500. The summed E-state index contributed by atoms with van der Waals surface area (Å²) in [6, 6.07) is 3.43. The Hall–Kier alpha value is -4.15. The Kier molecular flexibility index (Phi) is 4.67. The fourth-order valence-electron chi connectivity index (χ4n) is 6.35. The van der Waals surface area contributed by atoms with Crippen LogP contribution in [0.5, 0.6) is 17.2 Å². The summed E-state index contributed by atoms with van der Waals surface area (Å²) >= 11 is 0. The van der Waals surface area contributed by atoms with Crippen LogP contribution in [-0.2, 0) is 19.1 Å². The van der Waals surface area contributed by atoms with Gasteiger partial charge in [0, 0.05) is 29.1 Å². The van der Waals surface area contributed by atoms with E-state index < -0.39 is 34.4 Å². The van der Waals surface area contributed by atoms with Crippen molar-refractivity contribution in [1.82, 2.24) is 9.88 Å². The third kappa shape index (κ3) is 2.74. The molecular weight excluding hydrogens is 482 g/mol. The number of carbonyl (C=O) groups is 4. The molecule has 0 radical (unpaired) electrons. The monoisotopic (exact) mass is 507 g/mol. The Morgan fingerprint density at radius 1 is 1.08 bits per heavy atom. The second-order valence-electron chi connectivity index (χ2n) is 9.90. The molecule has 2 fully saturated rings. The van der Waals surface area contributed by atoms with Crippen LogP contribution < -0.4 is 14.2 Å². The SMILES string of the molecule is COC(=O)C1(C)N=C2C(=O)C=C3N(C(=O)c4cc5cc(OC)c(OC)c(OC)c5[nH]4)C[C@H]4CC34C2C1=O. The zero-order valence-electron chi connectivity index (χ0n) is 21.0. The summed E-state index contributed by atoms with van der Waals surface area (Å²) in [6.07, 6.45) is 2.03. The number of methoxy groups -OCH3 is 4. The number of fused-ring (bicyclic) bond motifs is 2. The first-order valence-corrected chi connectivity index (χ1v) is 11.8. The maximum absolute atomic E-state index is 13.8. The number of Topliss-reactive ketones (excluding diaryl/α,β-unsaturated/α-hetero) is 1. The zero-order valence-corrected chi connectivity index (χ0v) is 21.0. The van der Waals surface area contributed by atoms with Gasteiger partial charge < -0.3 is 28.8 Å². The smallest absolute Gasteiger partial charge is 0.341 e. The van der Waals surface area contributed by atoms with E-state index in [0.29, 0.717) is 46.8 Å². The summed E-state index contributed by atoms with van der Waals surface area (Å²) < 4.78 is 21.2. The van der Waals surface area contributed by atoms with Crippen LogP contribution in [0.25, 0.3) is 10.9 Å². The van der Waals surface area contributed by atoms with Crippen molar-refractivity contribution in [2.45, 2.75) is 18.9 Å². The first-order chi connectivity index (χ1) is 17.7. The number of hydrogen-bond acceptors (Lipinski definition) is 9. The number of rotatable bonds is 5. The number of nitrogens with one attached hydrogen (secondary N) is 1. The number of piperidine rings is 1. The minimum atomic E-state index is -1.77. The fraction of sp³-hybridized carbons (Fsp3) is 0.423. The highest BCUT2D eigenvalue weighted by Crippen LogP contribution is 2.71. The highest BCUT2D eigenvalue weighted by atomic mass is 16.5. The molecule has 192 valence electrons. The van der Waals surface area contributed by atoms with Crippen LogP contribution >= 0.6 is 0 Å². The molecule has 37 heavy (non-hydrogen) atoms. The summed E-state index contributed by atoms with van der Waals surface area (Å²) in [6.45, 7) is 1.73. The van der Waals surface area contributed by atoms with Crippen LogP contribution in [0.2, 0.25) is 0 Å². The number of aromatic nitrogens is 1. The van der Waals surface area contributed by atoms with Gasteiger partial charge in [0.25, 0.3) is 5.91 Å². The number of ketones is 2. The second-order valence-corrected chi connectivity index (χ2v) is 9.90. The Morgan fingerprint density at radius 2 is 1.81 bits per heavy atom. The molecule has 1 aromatic carbocycles. The highest BCUT2D eigenvalue weighted by Gasteiger charge is 2.75. The van der Waals surface area contributed by atoms with Gasteiger partial charge in [0.1, 0.15) is 5.69 Å². The number of ether oxygens (including phenoxy) is 4. The van der Waals surface area contributed by atoms with Crippen molar-refractivity contribution in [3.8, 4) is 17.2 Å². The standard InChI is InChI=1S/C26H25N3O8/c1-25(24(33)37-5)22(31)17-19(28-25)14(30)8-16-26(17)9-12(26)10-29(16)23(32)13-6-11-7-15(34-2)20(35-3)21(36-4)18(11)27-13/h6-8,12,17,27H,9-10H2,1-5H3/t12-,17?,25?,26?/m1/s1. The van der Waals surface area contributed by atoms with E-state index in [2.05, 4.69) is 9.98 Å². The van der Waals surface area contributed by atoms with Crippen LogP contribution in [0.15, 0.2) is 28.9 Å². The lowest BCUT2D eigenvalue weighted by Gasteiger charge is -2.31. The number of allylic oxidation sites excluding steroid dienone is 2. The molecule has 2 aliphatic carbocycles. The van der Waals surface area contributed by atoms with E-state index in [-0.39, 0.29) is 23.2 Å². The second kappa shape index (κ2) is 7.44. The number of likely N-dealkylation sites (tertiary alicyclic amines) is 1. The van der Waals surface area contributed by atoms with Crippen molar-refractivity contribution >= 4 is 40.1 Å². The predicted molar refractivity (Wildman–Crippen MR) is 129 cm³/mol. The maximum atomic E-state index is 13.8. The number of benzene rings is 1. The highest BCUT2D eigenvalue weighted by molar-refractivity contribution is 6.52. The molecule has 1 aromatic heterocycles. The summed E-state index contributed by atoms with van der Waals surface area (Å²) in [5.74, 6) is -1.73. The predicted octanol–water partition coefficient (Wildman–Crippen LogP) is 1.69. The summed E-state index contributed by atoms with van der Waals surface area (Å²) in [5.41, 5.74) is -1.07. The number of carbonyl (C=O) groups excluding carboxylic acids is 4.